The maximum atomic E-state index is 6.09. The lowest BCUT2D eigenvalue weighted by Crippen LogP contribution is -2.16. The Morgan fingerprint density at radius 2 is 2.11 bits per heavy atom. The first-order chi connectivity index (χ1) is 8.83. The number of nitrogens with one attached hydrogen (secondary N) is 1. The highest BCUT2D eigenvalue weighted by Gasteiger charge is 2.20. The van der Waals surface area contributed by atoms with Gasteiger partial charge in [0.1, 0.15) is 5.69 Å². The molecule has 0 saturated heterocycles. The van der Waals surface area contributed by atoms with Crippen molar-refractivity contribution in [3.63, 3.8) is 0 Å². The number of rotatable bonds is 4. The second-order valence-corrected chi connectivity index (χ2v) is 4.77. The van der Waals surface area contributed by atoms with Gasteiger partial charge in [-0.3, -0.25) is 4.98 Å². The first kappa shape index (κ1) is 11.6. The second kappa shape index (κ2) is 5.00. The maximum Gasteiger partial charge on any atom is 0.179 e. The Bertz CT molecular complexity index is 554. The van der Waals surface area contributed by atoms with Gasteiger partial charge in [-0.1, -0.05) is 11.6 Å². The predicted molar refractivity (Wildman–Crippen MR) is 70.1 cm³/mol. The molecule has 2 heterocycles. The van der Waals surface area contributed by atoms with Crippen LogP contribution in [0.5, 0.6) is 0 Å². The van der Waals surface area contributed by atoms with Gasteiger partial charge in [-0.2, -0.15) is 0 Å². The third kappa shape index (κ3) is 2.66. The van der Waals surface area contributed by atoms with Gasteiger partial charge in [0.15, 0.2) is 5.82 Å². The largest absolute Gasteiger partial charge is 0.308 e. The molecule has 1 aliphatic rings. The highest BCUT2D eigenvalue weighted by molar-refractivity contribution is 6.32. The molecule has 1 fully saturated rings. The molecular weight excluding hydrogens is 248 g/mol. The van der Waals surface area contributed by atoms with Crippen LogP contribution >= 0.6 is 11.6 Å². The van der Waals surface area contributed by atoms with Crippen LogP contribution in [0.1, 0.15) is 18.5 Å². The summed E-state index contributed by atoms with van der Waals surface area (Å²) in [6.07, 6.45) is 5.98. The number of halogens is 1. The number of hydrogen-bond acceptors (Lipinski definition) is 4. The zero-order chi connectivity index (χ0) is 12.4. The first-order valence-electron chi connectivity index (χ1n) is 5.99. The van der Waals surface area contributed by atoms with E-state index in [2.05, 4.69) is 20.3 Å². The van der Waals surface area contributed by atoms with Crippen molar-refractivity contribution in [2.45, 2.75) is 25.4 Å². The van der Waals surface area contributed by atoms with Gasteiger partial charge < -0.3 is 5.32 Å². The third-order valence-electron chi connectivity index (χ3n) is 2.83. The standard InChI is InChI=1S/C13H13ClN4/c14-11-2-1-6-15-12(11)13-16-7-5-10(18-13)8-17-9-3-4-9/h1-2,5-7,9,17H,3-4,8H2. The van der Waals surface area contributed by atoms with Crippen molar-refractivity contribution in [2.24, 2.45) is 0 Å². The van der Waals surface area contributed by atoms with Crippen LogP contribution < -0.4 is 5.32 Å². The van der Waals surface area contributed by atoms with E-state index in [1.807, 2.05) is 6.07 Å². The van der Waals surface area contributed by atoms with Crippen LogP contribution in [-0.2, 0) is 6.54 Å². The number of hydrogen-bond donors (Lipinski definition) is 1. The van der Waals surface area contributed by atoms with Crippen LogP contribution in [0.25, 0.3) is 11.5 Å². The predicted octanol–water partition coefficient (Wildman–Crippen LogP) is 2.44. The van der Waals surface area contributed by atoms with Crippen molar-refractivity contribution in [1.82, 2.24) is 20.3 Å². The smallest absolute Gasteiger partial charge is 0.179 e. The van der Waals surface area contributed by atoms with Crippen molar-refractivity contribution in [2.75, 3.05) is 0 Å². The normalized spacial score (nSPS) is 14.7. The van der Waals surface area contributed by atoms with Gasteiger partial charge in [0.05, 0.1) is 10.7 Å². The van der Waals surface area contributed by atoms with Gasteiger partial charge in [0, 0.05) is 25.0 Å². The fraction of sp³-hybridized carbons (Fsp3) is 0.308. The molecule has 0 radical (unpaired) electrons. The third-order valence-corrected chi connectivity index (χ3v) is 3.14. The zero-order valence-electron chi connectivity index (χ0n) is 9.81. The summed E-state index contributed by atoms with van der Waals surface area (Å²) in [5.74, 6) is 0.579. The summed E-state index contributed by atoms with van der Waals surface area (Å²) in [5.41, 5.74) is 1.60. The SMILES string of the molecule is Clc1cccnc1-c1nccc(CNC2CC2)n1. The minimum Gasteiger partial charge on any atom is -0.308 e. The summed E-state index contributed by atoms with van der Waals surface area (Å²) < 4.78 is 0. The van der Waals surface area contributed by atoms with Gasteiger partial charge >= 0.3 is 0 Å². The van der Waals surface area contributed by atoms with E-state index in [1.54, 1.807) is 24.5 Å². The van der Waals surface area contributed by atoms with E-state index in [4.69, 9.17) is 11.6 Å². The van der Waals surface area contributed by atoms with E-state index < -0.39 is 0 Å². The average Bonchev–Trinajstić information content (AvgIpc) is 3.21. The molecule has 1 saturated carbocycles. The Kier molecular flexibility index (Phi) is 3.21. The molecule has 1 aliphatic carbocycles. The van der Waals surface area contributed by atoms with Crippen molar-refractivity contribution >= 4 is 11.6 Å². The molecular formula is C13H13ClN4. The maximum absolute atomic E-state index is 6.09. The molecule has 0 amide bonds. The summed E-state index contributed by atoms with van der Waals surface area (Å²) in [6.45, 7) is 0.768. The van der Waals surface area contributed by atoms with Crippen molar-refractivity contribution in [3.8, 4) is 11.5 Å². The molecule has 5 heteroatoms. The zero-order valence-corrected chi connectivity index (χ0v) is 10.6. The Labute approximate surface area is 110 Å². The Balaban J connectivity index is 1.83. The Hall–Kier alpha value is -1.52. The minimum absolute atomic E-state index is 0.574. The van der Waals surface area contributed by atoms with Gasteiger partial charge in [-0.25, -0.2) is 9.97 Å². The number of pyridine rings is 1. The molecule has 0 aliphatic heterocycles. The lowest BCUT2D eigenvalue weighted by molar-refractivity contribution is 0.673. The van der Waals surface area contributed by atoms with E-state index in [9.17, 15) is 0 Å². The molecule has 3 rings (SSSR count). The molecule has 2 aromatic heterocycles. The van der Waals surface area contributed by atoms with E-state index in [1.165, 1.54) is 12.8 Å². The Morgan fingerprint density at radius 3 is 2.89 bits per heavy atom. The first-order valence-corrected chi connectivity index (χ1v) is 6.37. The fourth-order valence-corrected chi connectivity index (χ4v) is 1.90. The van der Waals surface area contributed by atoms with Gasteiger partial charge in [-0.05, 0) is 31.0 Å². The van der Waals surface area contributed by atoms with Crippen molar-refractivity contribution in [1.29, 1.82) is 0 Å². The highest BCUT2D eigenvalue weighted by Crippen LogP contribution is 2.22. The van der Waals surface area contributed by atoms with E-state index in [-0.39, 0.29) is 0 Å². The minimum atomic E-state index is 0.574. The van der Waals surface area contributed by atoms with Crippen LogP contribution in [-0.4, -0.2) is 21.0 Å². The van der Waals surface area contributed by atoms with E-state index in [0.717, 1.165) is 12.2 Å². The van der Waals surface area contributed by atoms with E-state index >= 15 is 0 Å². The summed E-state index contributed by atoms with van der Waals surface area (Å²) in [7, 11) is 0. The Morgan fingerprint density at radius 1 is 1.22 bits per heavy atom. The quantitative estimate of drug-likeness (QED) is 0.917. The summed E-state index contributed by atoms with van der Waals surface area (Å²) in [5, 5.41) is 4.00. The highest BCUT2D eigenvalue weighted by atomic mass is 35.5. The van der Waals surface area contributed by atoms with Crippen molar-refractivity contribution < 1.29 is 0 Å². The second-order valence-electron chi connectivity index (χ2n) is 4.36. The molecule has 0 unspecified atom stereocenters. The summed E-state index contributed by atoms with van der Waals surface area (Å²) in [4.78, 5) is 12.9. The molecule has 1 N–H and O–H groups in total. The van der Waals surface area contributed by atoms with E-state index in [0.29, 0.717) is 22.6 Å². The van der Waals surface area contributed by atoms with Crippen LogP contribution in [0.2, 0.25) is 5.02 Å². The summed E-state index contributed by atoms with van der Waals surface area (Å²) >= 11 is 6.09. The molecule has 2 aromatic rings. The van der Waals surface area contributed by atoms with Gasteiger partial charge in [-0.15, -0.1) is 0 Å². The lowest BCUT2D eigenvalue weighted by atomic mass is 10.3. The van der Waals surface area contributed by atoms with Crippen LogP contribution in [0.3, 0.4) is 0 Å². The van der Waals surface area contributed by atoms with Crippen molar-refractivity contribution in [3.05, 3.63) is 41.3 Å². The summed E-state index contributed by atoms with van der Waals surface area (Å²) in [6, 6.07) is 6.17. The monoisotopic (exact) mass is 260 g/mol. The number of nitrogens with zero attached hydrogens (tertiary/aromatic N) is 3. The number of aromatic nitrogens is 3. The molecule has 0 atom stereocenters. The average molecular weight is 261 g/mol. The lowest BCUT2D eigenvalue weighted by Gasteiger charge is -2.05. The molecule has 0 spiro atoms. The van der Waals surface area contributed by atoms with Gasteiger partial charge in [0.25, 0.3) is 0 Å². The molecule has 0 aromatic carbocycles. The fourth-order valence-electron chi connectivity index (χ4n) is 1.70. The molecule has 4 nitrogen and oxygen atoms in total. The molecule has 0 bridgehead atoms. The molecule has 18 heavy (non-hydrogen) atoms. The van der Waals surface area contributed by atoms with Gasteiger partial charge in [0.2, 0.25) is 0 Å². The van der Waals surface area contributed by atoms with Crippen LogP contribution in [0.4, 0.5) is 0 Å². The topological polar surface area (TPSA) is 50.7 Å². The molecule has 92 valence electrons. The van der Waals surface area contributed by atoms with Crippen LogP contribution in [0, 0.1) is 0 Å². The van der Waals surface area contributed by atoms with Crippen LogP contribution in [0.15, 0.2) is 30.6 Å².